The summed E-state index contributed by atoms with van der Waals surface area (Å²) in [6.45, 7) is 0.530. The summed E-state index contributed by atoms with van der Waals surface area (Å²) < 4.78 is 5.91. The van der Waals surface area contributed by atoms with Crippen molar-refractivity contribution in [1.29, 1.82) is 0 Å². The first-order valence-electron chi connectivity index (χ1n) is 6.09. The van der Waals surface area contributed by atoms with Crippen LogP contribution in [0.2, 0.25) is 0 Å². The second-order valence-electron chi connectivity index (χ2n) is 4.02. The largest absolute Gasteiger partial charge is 0.467 e. The zero-order valence-corrected chi connectivity index (χ0v) is 12.6. The van der Waals surface area contributed by atoms with Crippen molar-refractivity contribution >= 4 is 33.9 Å². The smallest absolute Gasteiger partial charge is 0.287 e. The molecule has 3 aromatic heterocycles. The molecule has 0 saturated carbocycles. The number of nitrogens with zero attached hydrogens (tertiary/aromatic N) is 4. The Morgan fingerprint density at radius 1 is 1.36 bits per heavy atom. The van der Waals surface area contributed by atoms with Crippen LogP contribution in [0.1, 0.15) is 5.76 Å². The molecule has 3 aromatic rings. The molecule has 0 aliphatic rings. The molecule has 0 unspecified atom stereocenters. The van der Waals surface area contributed by atoms with Crippen molar-refractivity contribution in [3.8, 4) is 0 Å². The van der Waals surface area contributed by atoms with E-state index in [0.29, 0.717) is 21.0 Å². The number of nitrogens with one attached hydrogen (secondary N) is 1. The third-order valence-electron chi connectivity index (χ3n) is 2.52. The summed E-state index contributed by atoms with van der Waals surface area (Å²) in [5.74, 6) is 0.807. The Labute approximate surface area is 132 Å². The number of nitro groups is 1. The molecule has 22 heavy (non-hydrogen) atoms. The fourth-order valence-corrected chi connectivity index (χ4v) is 3.16. The van der Waals surface area contributed by atoms with E-state index in [-0.39, 0.29) is 5.69 Å². The topological polar surface area (TPSA) is 107 Å². The molecule has 0 radical (unpaired) electrons. The van der Waals surface area contributed by atoms with E-state index in [2.05, 4.69) is 20.5 Å². The second-order valence-corrected chi connectivity index (χ2v) is 6.26. The van der Waals surface area contributed by atoms with Gasteiger partial charge in [0.2, 0.25) is 5.13 Å². The molecule has 112 valence electrons. The Morgan fingerprint density at radius 2 is 2.27 bits per heavy atom. The summed E-state index contributed by atoms with van der Waals surface area (Å²) in [5.41, 5.74) is -0.0394. The fourth-order valence-electron chi connectivity index (χ4n) is 1.53. The van der Waals surface area contributed by atoms with E-state index in [1.165, 1.54) is 35.4 Å². The van der Waals surface area contributed by atoms with Gasteiger partial charge in [-0.1, -0.05) is 11.3 Å². The van der Waals surface area contributed by atoms with Gasteiger partial charge in [0.25, 0.3) is 5.69 Å². The van der Waals surface area contributed by atoms with E-state index in [1.54, 1.807) is 12.3 Å². The Hall–Kier alpha value is -2.46. The van der Waals surface area contributed by atoms with Crippen LogP contribution in [-0.2, 0) is 6.54 Å². The summed E-state index contributed by atoms with van der Waals surface area (Å²) in [4.78, 5) is 14.1. The van der Waals surface area contributed by atoms with Crippen molar-refractivity contribution in [3.63, 3.8) is 0 Å². The van der Waals surface area contributed by atoms with Crippen LogP contribution in [0.25, 0.3) is 0 Å². The van der Waals surface area contributed by atoms with Gasteiger partial charge in [-0.05, 0) is 30.0 Å². The molecule has 3 heterocycles. The van der Waals surface area contributed by atoms with E-state index >= 15 is 0 Å². The molecule has 0 aromatic carbocycles. The van der Waals surface area contributed by atoms with Gasteiger partial charge in [-0.3, -0.25) is 10.1 Å². The molecule has 0 aliphatic heterocycles. The summed E-state index contributed by atoms with van der Waals surface area (Å²) in [6, 6.07) is 6.68. The first kappa shape index (κ1) is 14.5. The third-order valence-corrected chi connectivity index (χ3v) is 4.41. The summed E-state index contributed by atoms with van der Waals surface area (Å²) >= 11 is 2.67. The SMILES string of the molecule is O=[N+]([O-])c1ccc(Sc2nnc(NCc3ccco3)s2)nc1. The van der Waals surface area contributed by atoms with E-state index in [9.17, 15) is 10.1 Å². The minimum atomic E-state index is -0.483. The molecule has 3 rings (SSSR count). The summed E-state index contributed by atoms with van der Waals surface area (Å²) in [5, 5.41) is 23.0. The van der Waals surface area contributed by atoms with E-state index < -0.39 is 4.92 Å². The minimum Gasteiger partial charge on any atom is -0.467 e. The molecule has 0 fully saturated rings. The number of aromatic nitrogens is 3. The average Bonchev–Trinajstić information content (AvgIpc) is 3.17. The molecule has 0 amide bonds. The van der Waals surface area contributed by atoms with Crippen molar-refractivity contribution in [2.75, 3.05) is 5.32 Å². The fraction of sp³-hybridized carbons (Fsp3) is 0.0833. The van der Waals surface area contributed by atoms with Crippen LogP contribution in [-0.4, -0.2) is 20.1 Å². The predicted molar refractivity (Wildman–Crippen MR) is 81.0 cm³/mol. The van der Waals surface area contributed by atoms with Gasteiger partial charge >= 0.3 is 0 Å². The Bertz CT molecular complexity index is 757. The van der Waals surface area contributed by atoms with Gasteiger partial charge in [0.05, 0.1) is 17.7 Å². The Balaban J connectivity index is 1.60. The van der Waals surface area contributed by atoms with Crippen molar-refractivity contribution < 1.29 is 9.34 Å². The molecule has 8 nitrogen and oxygen atoms in total. The number of pyridine rings is 1. The number of hydrogen-bond acceptors (Lipinski definition) is 9. The van der Waals surface area contributed by atoms with E-state index in [4.69, 9.17) is 4.42 Å². The lowest BCUT2D eigenvalue weighted by atomic mass is 10.4. The first-order chi connectivity index (χ1) is 10.7. The Morgan fingerprint density at radius 3 is 2.95 bits per heavy atom. The van der Waals surface area contributed by atoms with Gasteiger partial charge in [0.15, 0.2) is 4.34 Å². The number of furan rings is 1. The molecule has 0 bridgehead atoms. The maximum absolute atomic E-state index is 10.6. The number of rotatable bonds is 6. The van der Waals surface area contributed by atoms with E-state index in [1.807, 2.05) is 12.1 Å². The highest BCUT2D eigenvalue weighted by atomic mass is 32.2. The maximum atomic E-state index is 10.6. The van der Waals surface area contributed by atoms with Crippen molar-refractivity contribution in [2.24, 2.45) is 0 Å². The molecule has 10 heteroatoms. The highest BCUT2D eigenvalue weighted by Gasteiger charge is 2.10. The second kappa shape index (κ2) is 6.54. The molecular formula is C12H9N5O3S2. The van der Waals surface area contributed by atoms with Crippen LogP contribution in [0.5, 0.6) is 0 Å². The monoisotopic (exact) mass is 335 g/mol. The number of anilines is 1. The molecule has 1 N–H and O–H groups in total. The van der Waals surface area contributed by atoms with Crippen LogP contribution >= 0.6 is 23.1 Å². The molecular weight excluding hydrogens is 326 g/mol. The molecule has 0 spiro atoms. The summed E-state index contributed by atoms with van der Waals surface area (Å²) in [7, 11) is 0. The number of hydrogen-bond donors (Lipinski definition) is 1. The van der Waals surface area contributed by atoms with Crippen LogP contribution in [0, 0.1) is 10.1 Å². The van der Waals surface area contributed by atoms with Gasteiger partial charge in [-0.15, -0.1) is 10.2 Å². The quantitative estimate of drug-likeness (QED) is 0.540. The average molecular weight is 335 g/mol. The lowest BCUT2D eigenvalue weighted by Crippen LogP contribution is -1.96. The first-order valence-corrected chi connectivity index (χ1v) is 7.72. The molecule has 0 aliphatic carbocycles. The zero-order chi connectivity index (χ0) is 15.4. The van der Waals surface area contributed by atoms with Gasteiger partial charge in [0.1, 0.15) is 17.0 Å². The lowest BCUT2D eigenvalue weighted by molar-refractivity contribution is -0.385. The minimum absolute atomic E-state index is 0.0394. The van der Waals surface area contributed by atoms with Crippen LogP contribution < -0.4 is 5.32 Å². The van der Waals surface area contributed by atoms with Crippen LogP contribution in [0.15, 0.2) is 50.5 Å². The highest BCUT2D eigenvalue weighted by Crippen LogP contribution is 2.31. The molecule has 0 atom stereocenters. The normalized spacial score (nSPS) is 10.5. The standard InChI is InChI=1S/C12H9N5O3S2/c18-17(19)8-3-4-10(13-6-8)21-12-16-15-11(22-12)14-7-9-2-1-5-20-9/h1-6H,7H2,(H,14,15). The third kappa shape index (κ3) is 3.59. The predicted octanol–water partition coefficient (Wildman–Crippen LogP) is 3.20. The van der Waals surface area contributed by atoms with E-state index in [0.717, 1.165) is 5.76 Å². The van der Waals surface area contributed by atoms with Gasteiger partial charge in [-0.25, -0.2) is 4.98 Å². The van der Waals surface area contributed by atoms with Gasteiger partial charge in [0, 0.05) is 6.07 Å². The van der Waals surface area contributed by atoms with Crippen molar-refractivity contribution in [3.05, 3.63) is 52.6 Å². The lowest BCUT2D eigenvalue weighted by Gasteiger charge is -1.97. The van der Waals surface area contributed by atoms with Crippen LogP contribution in [0.3, 0.4) is 0 Å². The van der Waals surface area contributed by atoms with Crippen molar-refractivity contribution in [1.82, 2.24) is 15.2 Å². The van der Waals surface area contributed by atoms with Crippen LogP contribution in [0.4, 0.5) is 10.8 Å². The summed E-state index contributed by atoms with van der Waals surface area (Å²) in [6.07, 6.45) is 2.83. The zero-order valence-electron chi connectivity index (χ0n) is 11.0. The van der Waals surface area contributed by atoms with Gasteiger partial charge < -0.3 is 9.73 Å². The van der Waals surface area contributed by atoms with Gasteiger partial charge in [-0.2, -0.15) is 0 Å². The Kier molecular flexibility index (Phi) is 4.30. The van der Waals surface area contributed by atoms with Crippen molar-refractivity contribution in [2.45, 2.75) is 15.9 Å². The highest BCUT2D eigenvalue weighted by molar-refractivity contribution is 8.01. The maximum Gasteiger partial charge on any atom is 0.287 e. The molecule has 0 saturated heterocycles.